The predicted molar refractivity (Wildman–Crippen MR) is 55.8 cm³/mol. The Morgan fingerprint density at radius 3 is 2.29 bits per heavy atom. The number of carboxylic acids is 1. The summed E-state index contributed by atoms with van der Waals surface area (Å²) in [5.74, 6) is -1.15. The molecule has 0 aliphatic carbocycles. The van der Waals surface area contributed by atoms with Gasteiger partial charge in [-0.15, -0.1) is 0 Å². The van der Waals surface area contributed by atoms with Crippen LogP contribution in [0.15, 0.2) is 0 Å². The van der Waals surface area contributed by atoms with Crippen LogP contribution < -0.4 is 5.32 Å². The van der Waals surface area contributed by atoms with Gasteiger partial charge in [0.05, 0.1) is 19.6 Å². The molecule has 0 aliphatic heterocycles. The smallest absolute Gasteiger partial charge is 0.391 e. The van der Waals surface area contributed by atoms with E-state index < -0.39 is 30.7 Å². The van der Waals surface area contributed by atoms with E-state index in [-0.39, 0.29) is 12.6 Å². The summed E-state index contributed by atoms with van der Waals surface area (Å²) in [7, 11) is 0. The minimum atomic E-state index is -4.29. The molecule has 7 heteroatoms. The number of ether oxygens (including phenoxy) is 1. The maximum Gasteiger partial charge on any atom is 0.391 e. The Kier molecular flexibility index (Phi) is 5.91. The van der Waals surface area contributed by atoms with Gasteiger partial charge in [-0.05, 0) is 20.8 Å². The number of halogens is 3. The quantitative estimate of drug-likeness (QED) is 0.683. The molecule has 0 aliphatic rings. The lowest BCUT2D eigenvalue weighted by molar-refractivity contribution is -0.153. The fraction of sp³-hybridized carbons (Fsp3) is 0.900. The Morgan fingerprint density at radius 1 is 1.41 bits per heavy atom. The van der Waals surface area contributed by atoms with Crippen LogP contribution in [0.1, 0.15) is 27.2 Å². The summed E-state index contributed by atoms with van der Waals surface area (Å²) in [5, 5.41) is 11.7. The Balaban J connectivity index is 4.15. The Hall–Kier alpha value is -0.820. The van der Waals surface area contributed by atoms with E-state index in [4.69, 9.17) is 9.84 Å². The van der Waals surface area contributed by atoms with Gasteiger partial charge in [0.15, 0.2) is 0 Å². The summed E-state index contributed by atoms with van der Waals surface area (Å²) in [6.45, 7) is 4.03. The van der Waals surface area contributed by atoms with E-state index in [1.54, 1.807) is 13.8 Å². The maximum absolute atomic E-state index is 11.8. The van der Waals surface area contributed by atoms with Crippen LogP contribution in [0.25, 0.3) is 0 Å². The zero-order valence-electron chi connectivity index (χ0n) is 10.1. The zero-order chi connectivity index (χ0) is 13.7. The summed E-state index contributed by atoms with van der Waals surface area (Å²) < 4.78 is 40.3. The number of carboxylic acid groups (broad SMARTS) is 1. The predicted octanol–water partition coefficient (Wildman–Crippen LogP) is 1.80. The molecule has 4 nitrogen and oxygen atoms in total. The largest absolute Gasteiger partial charge is 0.480 e. The van der Waals surface area contributed by atoms with Gasteiger partial charge >= 0.3 is 12.1 Å². The van der Waals surface area contributed by atoms with Gasteiger partial charge in [0.25, 0.3) is 0 Å². The van der Waals surface area contributed by atoms with E-state index in [9.17, 15) is 18.0 Å². The van der Waals surface area contributed by atoms with Crippen molar-refractivity contribution < 1.29 is 27.8 Å². The van der Waals surface area contributed by atoms with Crippen molar-refractivity contribution in [2.24, 2.45) is 0 Å². The van der Waals surface area contributed by atoms with Crippen LogP contribution in [0.2, 0.25) is 0 Å². The second kappa shape index (κ2) is 6.20. The molecular weight excluding hydrogens is 239 g/mol. The molecule has 0 bridgehead atoms. The summed E-state index contributed by atoms with van der Waals surface area (Å²) in [6, 6.07) is -0.109. The van der Waals surface area contributed by atoms with E-state index in [0.717, 1.165) is 0 Å². The van der Waals surface area contributed by atoms with Gasteiger partial charge in [-0.1, -0.05) is 0 Å². The van der Waals surface area contributed by atoms with E-state index in [0.29, 0.717) is 0 Å². The van der Waals surface area contributed by atoms with Crippen molar-refractivity contribution in [3.05, 3.63) is 0 Å². The van der Waals surface area contributed by atoms with Crippen LogP contribution in [0, 0.1) is 0 Å². The number of nitrogens with one attached hydrogen (secondary N) is 1. The molecule has 1 unspecified atom stereocenters. The number of carbonyl (C=O) groups is 1. The molecule has 0 fully saturated rings. The zero-order valence-corrected chi connectivity index (χ0v) is 10.1. The van der Waals surface area contributed by atoms with Crippen LogP contribution >= 0.6 is 0 Å². The first-order chi connectivity index (χ1) is 7.57. The minimum Gasteiger partial charge on any atom is -0.480 e. The lowest BCUT2D eigenvalue weighted by Crippen LogP contribution is -2.55. The van der Waals surface area contributed by atoms with E-state index in [1.807, 2.05) is 0 Å². The van der Waals surface area contributed by atoms with Crippen molar-refractivity contribution >= 4 is 5.97 Å². The van der Waals surface area contributed by atoms with Crippen LogP contribution in [0.3, 0.4) is 0 Å². The lowest BCUT2D eigenvalue weighted by Gasteiger charge is -2.28. The Labute approximate surface area is 98.1 Å². The average Bonchev–Trinajstić information content (AvgIpc) is 2.09. The van der Waals surface area contributed by atoms with Gasteiger partial charge in [0.1, 0.15) is 5.54 Å². The van der Waals surface area contributed by atoms with Crippen molar-refractivity contribution in [2.45, 2.75) is 44.9 Å². The first-order valence-electron chi connectivity index (χ1n) is 5.22. The van der Waals surface area contributed by atoms with Gasteiger partial charge < -0.3 is 9.84 Å². The van der Waals surface area contributed by atoms with Gasteiger partial charge in [-0.2, -0.15) is 13.2 Å². The molecule has 0 heterocycles. The fourth-order valence-electron chi connectivity index (χ4n) is 1.27. The van der Waals surface area contributed by atoms with Crippen molar-refractivity contribution in [3.8, 4) is 0 Å². The third-order valence-corrected chi connectivity index (χ3v) is 2.00. The highest BCUT2D eigenvalue weighted by Gasteiger charge is 2.34. The SMILES string of the molecule is CC(C)NC(C)(COCCC(F)(F)F)C(=O)O. The van der Waals surface area contributed by atoms with Crippen molar-refractivity contribution in [2.75, 3.05) is 13.2 Å². The summed E-state index contributed by atoms with van der Waals surface area (Å²) in [5.41, 5.74) is -1.38. The highest BCUT2D eigenvalue weighted by molar-refractivity contribution is 5.78. The second-order valence-corrected chi connectivity index (χ2v) is 4.35. The number of alkyl halides is 3. The van der Waals surface area contributed by atoms with Crippen LogP contribution in [0.5, 0.6) is 0 Å². The Morgan fingerprint density at radius 2 is 1.94 bits per heavy atom. The minimum absolute atomic E-state index is 0.109. The number of aliphatic carboxylic acids is 1. The second-order valence-electron chi connectivity index (χ2n) is 4.35. The molecule has 0 saturated carbocycles. The molecule has 0 radical (unpaired) electrons. The number of hydrogen-bond donors (Lipinski definition) is 2. The topological polar surface area (TPSA) is 58.6 Å². The van der Waals surface area contributed by atoms with Gasteiger partial charge in [-0.25, -0.2) is 0 Å². The standard InChI is InChI=1S/C10H18F3NO3/c1-7(2)14-9(3,8(15)16)6-17-5-4-10(11,12)13/h7,14H,4-6H2,1-3H3,(H,15,16). The summed E-state index contributed by atoms with van der Waals surface area (Å²) >= 11 is 0. The highest BCUT2D eigenvalue weighted by atomic mass is 19.4. The van der Waals surface area contributed by atoms with E-state index in [1.165, 1.54) is 6.92 Å². The van der Waals surface area contributed by atoms with Gasteiger partial charge in [0, 0.05) is 6.04 Å². The third kappa shape index (κ3) is 7.17. The van der Waals surface area contributed by atoms with Crippen molar-refractivity contribution in [1.29, 1.82) is 0 Å². The summed E-state index contributed by atoms with van der Waals surface area (Å²) in [6.07, 6.45) is -5.37. The molecule has 17 heavy (non-hydrogen) atoms. The van der Waals surface area contributed by atoms with Crippen LogP contribution in [-0.4, -0.2) is 42.0 Å². The molecule has 0 aromatic heterocycles. The van der Waals surface area contributed by atoms with Crippen molar-refractivity contribution in [3.63, 3.8) is 0 Å². The van der Waals surface area contributed by atoms with Gasteiger partial charge in [-0.3, -0.25) is 10.1 Å². The first-order valence-corrected chi connectivity index (χ1v) is 5.22. The maximum atomic E-state index is 11.8. The fourth-order valence-corrected chi connectivity index (χ4v) is 1.27. The summed E-state index contributed by atoms with van der Waals surface area (Å²) in [4.78, 5) is 11.0. The van der Waals surface area contributed by atoms with Gasteiger partial charge in [0.2, 0.25) is 0 Å². The molecule has 1 atom stereocenters. The molecule has 0 saturated heterocycles. The van der Waals surface area contributed by atoms with Crippen LogP contribution in [-0.2, 0) is 9.53 Å². The normalized spacial score (nSPS) is 15.9. The molecule has 0 amide bonds. The Bertz CT molecular complexity index is 256. The van der Waals surface area contributed by atoms with Crippen LogP contribution in [0.4, 0.5) is 13.2 Å². The molecule has 0 rings (SSSR count). The van der Waals surface area contributed by atoms with E-state index in [2.05, 4.69) is 5.32 Å². The lowest BCUT2D eigenvalue weighted by atomic mass is 10.0. The molecule has 0 aromatic carbocycles. The molecule has 0 spiro atoms. The molecule has 2 N–H and O–H groups in total. The third-order valence-electron chi connectivity index (χ3n) is 2.00. The highest BCUT2D eigenvalue weighted by Crippen LogP contribution is 2.19. The number of rotatable bonds is 7. The van der Waals surface area contributed by atoms with Crippen molar-refractivity contribution in [1.82, 2.24) is 5.32 Å². The molecule has 102 valence electrons. The molecular formula is C10H18F3NO3. The monoisotopic (exact) mass is 257 g/mol. The average molecular weight is 257 g/mol. The van der Waals surface area contributed by atoms with E-state index >= 15 is 0 Å². The molecule has 0 aromatic rings. The number of hydrogen-bond acceptors (Lipinski definition) is 3. The first kappa shape index (κ1) is 16.2.